The lowest BCUT2D eigenvalue weighted by Gasteiger charge is -2.02. The summed E-state index contributed by atoms with van der Waals surface area (Å²) < 4.78 is 19.9. The van der Waals surface area contributed by atoms with E-state index in [-0.39, 0.29) is 24.1 Å². The first-order valence-electron chi connectivity index (χ1n) is 14.0. The number of carbonyl (C=O) groups excluding carboxylic acids is 2. The largest absolute Gasteiger partial charge is 0.463 e. The van der Waals surface area contributed by atoms with Crippen LogP contribution in [0.4, 0.5) is 0 Å². The van der Waals surface area contributed by atoms with Crippen molar-refractivity contribution in [2.24, 2.45) is 0 Å². The van der Waals surface area contributed by atoms with Crippen LogP contribution in [0.2, 0.25) is 0 Å². The normalized spacial score (nSPS) is 18.0. The predicted molar refractivity (Wildman–Crippen MR) is 145 cm³/mol. The Hall–Kier alpha value is -1.92. The van der Waals surface area contributed by atoms with Gasteiger partial charge in [0.2, 0.25) is 0 Å². The lowest BCUT2D eigenvalue weighted by atomic mass is 10.1. The molecule has 0 bridgehead atoms. The highest BCUT2D eigenvalue weighted by Crippen LogP contribution is 2.12. The molecule has 2 rings (SSSR count). The molecule has 2 aliphatic heterocycles. The molecule has 0 aromatic rings. The molecule has 2 heterocycles. The third kappa shape index (κ3) is 23.8. The molecule has 0 radical (unpaired) electrons. The van der Waals surface area contributed by atoms with Gasteiger partial charge in [0, 0.05) is 6.42 Å². The van der Waals surface area contributed by atoms with Crippen molar-refractivity contribution in [2.45, 2.75) is 116 Å². The number of esters is 2. The number of rotatable bonds is 20. The Morgan fingerprint density at radius 1 is 0.750 bits per heavy atom. The van der Waals surface area contributed by atoms with Gasteiger partial charge in [0.15, 0.2) is 0 Å². The minimum absolute atomic E-state index is 0.0730. The van der Waals surface area contributed by atoms with Crippen molar-refractivity contribution >= 4 is 11.9 Å². The lowest BCUT2D eigenvalue weighted by molar-refractivity contribution is -0.144. The Bertz CT molecular complexity index is 654. The molecule has 2 saturated heterocycles. The van der Waals surface area contributed by atoms with E-state index in [4.69, 9.17) is 18.9 Å². The van der Waals surface area contributed by atoms with Crippen LogP contribution < -0.4 is 0 Å². The highest BCUT2D eigenvalue weighted by atomic mass is 16.6. The van der Waals surface area contributed by atoms with Crippen LogP contribution in [0.1, 0.15) is 104 Å². The van der Waals surface area contributed by atoms with Gasteiger partial charge in [-0.05, 0) is 52.4 Å². The monoisotopic (exact) mass is 506 g/mol. The first kappa shape index (κ1) is 32.1. The fourth-order valence-electron chi connectivity index (χ4n) is 3.20. The summed E-state index contributed by atoms with van der Waals surface area (Å²) in [5, 5.41) is 0. The first-order chi connectivity index (χ1) is 17.5. The van der Waals surface area contributed by atoms with E-state index in [1.807, 2.05) is 19.9 Å². The van der Waals surface area contributed by atoms with Gasteiger partial charge in [0.1, 0.15) is 25.4 Å². The number of unbranched alkanes of at least 4 members (excludes halogenated alkanes) is 8. The maximum Gasteiger partial charge on any atom is 0.309 e. The number of allylic oxidation sites excluding steroid dienone is 5. The van der Waals surface area contributed by atoms with E-state index in [1.165, 1.54) is 51.4 Å². The van der Waals surface area contributed by atoms with Crippen LogP contribution in [0, 0.1) is 0 Å². The summed E-state index contributed by atoms with van der Waals surface area (Å²) in [5.74, 6) is -0.247. The molecule has 2 atom stereocenters. The summed E-state index contributed by atoms with van der Waals surface area (Å²) in [4.78, 5) is 22.4. The molecule has 0 aliphatic carbocycles. The van der Waals surface area contributed by atoms with E-state index in [9.17, 15) is 9.59 Å². The second-order valence-corrected chi connectivity index (χ2v) is 9.74. The highest BCUT2D eigenvalue weighted by Gasteiger charge is 2.24. The molecule has 2 aliphatic rings. The van der Waals surface area contributed by atoms with Crippen LogP contribution in [-0.4, -0.2) is 50.6 Å². The van der Waals surface area contributed by atoms with Gasteiger partial charge in [0.25, 0.3) is 0 Å². The van der Waals surface area contributed by atoms with Crippen LogP contribution >= 0.6 is 0 Å². The molecule has 0 amide bonds. The average Bonchev–Trinajstić information content (AvgIpc) is 3.78. The van der Waals surface area contributed by atoms with Gasteiger partial charge >= 0.3 is 11.9 Å². The molecule has 0 aromatic heterocycles. The van der Waals surface area contributed by atoms with Crippen LogP contribution in [0.15, 0.2) is 36.0 Å². The van der Waals surface area contributed by atoms with Crippen LogP contribution in [0.25, 0.3) is 0 Å². The predicted octanol–water partition coefficient (Wildman–Crippen LogP) is 7.03. The van der Waals surface area contributed by atoms with E-state index >= 15 is 0 Å². The van der Waals surface area contributed by atoms with E-state index in [1.54, 1.807) is 0 Å². The molecular weight excluding hydrogens is 456 g/mol. The number of ether oxygens (including phenoxy) is 4. The smallest absolute Gasteiger partial charge is 0.309 e. The van der Waals surface area contributed by atoms with E-state index in [0.29, 0.717) is 26.1 Å². The standard InChI is InChI=1S/C21H36O3.C9H14O3/c1-2-3-4-5-6-7-8-9-10-11-12-13-14-15-16-17-21(22)24-19-20-18-23-20;1-7(2)3-4-9(10)12-6-8-5-11-8/h6-7,9-10,20H,2-5,8,11-19H2,1H3;3,8H,4-6H2,1-2H3/b7-6-,10-9-;. The summed E-state index contributed by atoms with van der Waals surface area (Å²) >= 11 is 0. The topological polar surface area (TPSA) is 77.7 Å². The van der Waals surface area contributed by atoms with Crippen LogP contribution in [0.3, 0.4) is 0 Å². The van der Waals surface area contributed by atoms with E-state index in [0.717, 1.165) is 38.0 Å². The number of hydrogen-bond acceptors (Lipinski definition) is 6. The Morgan fingerprint density at radius 3 is 1.83 bits per heavy atom. The van der Waals surface area contributed by atoms with Crippen molar-refractivity contribution in [2.75, 3.05) is 26.4 Å². The number of epoxide rings is 2. The second-order valence-electron chi connectivity index (χ2n) is 9.74. The zero-order chi connectivity index (χ0) is 26.3. The van der Waals surface area contributed by atoms with E-state index in [2.05, 4.69) is 31.2 Å². The Kier molecular flexibility index (Phi) is 19.9. The molecule has 206 valence electrons. The van der Waals surface area contributed by atoms with Crippen molar-refractivity contribution < 1.29 is 28.5 Å². The second kappa shape index (κ2) is 22.3. The third-order valence-corrected chi connectivity index (χ3v) is 5.67. The summed E-state index contributed by atoms with van der Waals surface area (Å²) in [6, 6.07) is 0. The molecule has 0 spiro atoms. The van der Waals surface area contributed by atoms with Crippen molar-refractivity contribution in [3.05, 3.63) is 36.0 Å². The third-order valence-electron chi connectivity index (χ3n) is 5.67. The van der Waals surface area contributed by atoms with Gasteiger partial charge in [-0.25, -0.2) is 0 Å². The van der Waals surface area contributed by atoms with E-state index < -0.39 is 0 Å². The maximum atomic E-state index is 11.4. The molecular formula is C30H50O6. The molecule has 0 saturated carbocycles. The van der Waals surface area contributed by atoms with Gasteiger partial charge in [-0.2, -0.15) is 0 Å². The fourth-order valence-corrected chi connectivity index (χ4v) is 3.20. The molecule has 6 nitrogen and oxygen atoms in total. The average molecular weight is 507 g/mol. The minimum Gasteiger partial charge on any atom is -0.463 e. The zero-order valence-electron chi connectivity index (χ0n) is 23.0. The summed E-state index contributed by atoms with van der Waals surface area (Å²) in [7, 11) is 0. The van der Waals surface area contributed by atoms with Gasteiger partial charge in [-0.1, -0.05) is 75.0 Å². The Labute approximate surface area is 219 Å². The van der Waals surface area contributed by atoms with Crippen molar-refractivity contribution in [1.82, 2.24) is 0 Å². The summed E-state index contributed by atoms with van der Waals surface area (Å²) in [5.41, 5.74) is 1.13. The quantitative estimate of drug-likeness (QED) is 0.0763. The SMILES string of the molecule is CC(C)=CCC(=O)OCC1CO1.CCCCC/C=C\C/C=C\CCCCCCCC(=O)OCC1CO1. The van der Waals surface area contributed by atoms with Crippen molar-refractivity contribution in [3.8, 4) is 0 Å². The molecule has 2 unspecified atom stereocenters. The lowest BCUT2D eigenvalue weighted by Crippen LogP contribution is -2.09. The van der Waals surface area contributed by atoms with Gasteiger partial charge in [-0.15, -0.1) is 0 Å². The fraction of sp³-hybridized carbons (Fsp3) is 0.733. The Balaban J connectivity index is 0.000000450. The molecule has 36 heavy (non-hydrogen) atoms. The maximum absolute atomic E-state index is 11.4. The molecule has 2 fully saturated rings. The summed E-state index contributed by atoms with van der Waals surface area (Å²) in [6.07, 6.45) is 25.5. The van der Waals surface area contributed by atoms with Crippen molar-refractivity contribution in [1.29, 1.82) is 0 Å². The molecule has 0 aromatic carbocycles. The first-order valence-corrected chi connectivity index (χ1v) is 14.0. The van der Waals surface area contributed by atoms with Gasteiger partial charge in [-0.3, -0.25) is 9.59 Å². The molecule has 0 N–H and O–H groups in total. The number of carbonyl (C=O) groups is 2. The Morgan fingerprint density at radius 2 is 1.28 bits per heavy atom. The van der Waals surface area contributed by atoms with Gasteiger partial charge < -0.3 is 18.9 Å². The van der Waals surface area contributed by atoms with Crippen molar-refractivity contribution in [3.63, 3.8) is 0 Å². The van der Waals surface area contributed by atoms with Gasteiger partial charge in [0.05, 0.1) is 19.6 Å². The summed E-state index contributed by atoms with van der Waals surface area (Å²) in [6.45, 7) is 8.49. The van der Waals surface area contributed by atoms with Crippen LogP contribution in [-0.2, 0) is 28.5 Å². The number of hydrogen-bond donors (Lipinski definition) is 0. The molecule has 6 heteroatoms. The minimum atomic E-state index is -0.174. The van der Waals surface area contributed by atoms with Crippen LogP contribution in [0.5, 0.6) is 0 Å². The highest BCUT2D eigenvalue weighted by molar-refractivity contribution is 5.71. The zero-order valence-corrected chi connectivity index (χ0v) is 23.0.